The number of halogens is 1. The van der Waals surface area contributed by atoms with Crippen LogP contribution in [0.4, 0.5) is 4.39 Å². The van der Waals surface area contributed by atoms with Gasteiger partial charge in [-0.1, -0.05) is 6.07 Å². The molecule has 8 heteroatoms. The SMILES string of the molecule is CNCc1ccc(F)c(S(=O)(=O)NCC2CSCCS2)c1. The normalized spacial score (nSPS) is 19.6. The van der Waals surface area contributed by atoms with Crippen molar-refractivity contribution in [1.29, 1.82) is 0 Å². The second-order valence-electron chi connectivity index (χ2n) is 4.71. The highest BCUT2D eigenvalue weighted by Crippen LogP contribution is 2.24. The number of hydrogen-bond acceptors (Lipinski definition) is 5. The standard InChI is InChI=1S/C13H19FN2O2S3/c1-15-7-10-2-3-12(14)13(6-10)21(17,18)16-8-11-9-19-4-5-20-11/h2-3,6,11,15-16H,4-5,7-9H2,1H3. The summed E-state index contributed by atoms with van der Waals surface area (Å²) in [6, 6.07) is 4.17. The molecular weight excluding hydrogens is 331 g/mol. The summed E-state index contributed by atoms with van der Waals surface area (Å²) in [7, 11) is -2.05. The highest BCUT2D eigenvalue weighted by Gasteiger charge is 2.22. The number of sulfonamides is 1. The predicted octanol–water partition coefficient (Wildman–Crippen LogP) is 1.67. The maximum Gasteiger partial charge on any atom is 0.243 e. The van der Waals surface area contributed by atoms with E-state index >= 15 is 0 Å². The molecule has 1 fully saturated rings. The van der Waals surface area contributed by atoms with Crippen LogP contribution in [0.1, 0.15) is 5.56 Å². The van der Waals surface area contributed by atoms with Gasteiger partial charge in [0.1, 0.15) is 10.7 Å². The average Bonchev–Trinajstić information content (AvgIpc) is 2.48. The molecule has 2 N–H and O–H groups in total. The number of benzene rings is 1. The van der Waals surface area contributed by atoms with Crippen molar-refractivity contribution in [2.24, 2.45) is 0 Å². The fourth-order valence-electron chi connectivity index (χ4n) is 2.00. The van der Waals surface area contributed by atoms with Crippen LogP contribution in [0.3, 0.4) is 0 Å². The van der Waals surface area contributed by atoms with Gasteiger partial charge in [-0.25, -0.2) is 17.5 Å². The molecule has 1 unspecified atom stereocenters. The van der Waals surface area contributed by atoms with Crippen LogP contribution in [0, 0.1) is 5.82 Å². The zero-order valence-corrected chi connectivity index (χ0v) is 14.2. The van der Waals surface area contributed by atoms with E-state index in [-0.39, 0.29) is 10.1 Å². The summed E-state index contributed by atoms with van der Waals surface area (Å²) >= 11 is 3.59. The number of rotatable bonds is 6. The number of nitrogens with one attached hydrogen (secondary N) is 2. The molecule has 0 saturated carbocycles. The lowest BCUT2D eigenvalue weighted by molar-refractivity contribution is 0.556. The molecule has 1 aromatic carbocycles. The highest BCUT2D eigenvalue weighted by atomic mass is 32.2. The summed E-state index contributed by atoms with van der Waals surface area (Å²) in [5.74, 6) is 2.35. The fraction of sp³-hybridized carbons (Fsp3) is 0.538. The van der Waals surface area contributed by atoms with Crippen molar-refractivity contribution in [3.05, 3.63) is 29.6 Å². The van der Waals surface area contributed by atoms with Crippen LogP contribution in [0.25, 0.3) is 0 Å². The smallest absolute Gasteiger partial charge is 0.243 e. The minimum absolute atomic E-state index is 0.252. The van der Waals surface area contributed by atoms with E-state index in [4.69, 9.17) is 0 Å². The van der Waals surface area contributed by atoms with Gasteiger partial charge in [0.15, 0.2) is 0 Å². The summed E-state index contributed by atoms with van der Waals surface area (Å²) in [5.41, 5.74) is 0.738. The van der Waals surface area contributed by atoms with E-state index < -0.39 is 15.8 Å². The van der Waals surface area contributed by atoms with E-state index in [2.05, 4.69) is 10.0 Å². The molecule has 118 valence electrons. The second-order valence-corrected chi connectivity index (χ2v) is 9.01. The molecular formula is C13H19FN2O2S3. The van der Waals surface area contributed by atoms with Crippen LogP contribution in [0.5, 0.6) is 0 Å². The largest absolute Gasteiger partial charge is 0.316 e. The zero-order valence-electron chi connectivity index (χ0n) is 11.8. The Labute approximate surface area is 133 Å². The van der Waals surface area contributed by atoms with Gasteiger partial charge < -0.3 is 5.32 Å². The van der Waals surface area contributed by atoms with Gasteiger partial charge in [-0.2, -0.15) is 23.5 Å². The molecule has 1 saturated heterocycles. The van der Waals surface area contributed by atoms with Gasteiger partial charge in [0.25, 0.3) is 0 Å². The van der Waals surface area contributed by atoms with E-state index in [0.29, 0.717) is 13.1 Å². The molecule has 0 radical (unpaired) electrons. The first kappa shape index (κ1) is 17.1. The molecule has 21 heavy (non-hydrogen) atoms. The van der Waals surface area contributed by atoms with Crippen molar-refractivity contribution in [2.45, 2.75) is 16.7 Å². The summed E-state index contributed by atoms with van der Waals surface area (Å²) in [5, 5.41) is 3.17. The zero-order chi connectivity index (χ0) is 15.3. The van der Waals surface area contributed by atoms with E-state index in [0.717, 1.165) is 22.8 Å². The van der Waals surface area contributed by atoms with Crippen LogP contribution in [-0.2, 0) is 16.6 Å². The highest BCUT2D eigenvalue weighted by molar-refractivity contribution is 8.06. The Hall–Kier alpha value is -0.280. The van der Waals surface area contributed by atoms with E-state index in [1.165, 1.54) is 12.1 Å². The summed E-state index contributed by atoms with van der Waals surface area (Å²) in [6.45, 7) is 0.841. The van der Waals surface area contributed by atoms with Gasteiger partial charge in [-0.15, -0.1) is 0 Å². The average molecular weight is 351 g/mol. The van der Waals surface area contributed by atoms with Crippen molar-refractivity contribution < 1.29 is 12.8 Å². The van der Waals surface area contributed by atoms with E-state index in [1.807, 2.05) is 11.8 Å². The minimum atomic E-state index is -3.81. The quantitative estimate of drug-likeness (QED) is 0.817. The molecule has 0 aliphatic carbocycles. The molecule has 1 aliphatic heterocycles. The maximum absolute atomic E-state index is 13.8. The molecule has 1 aromatic rings. The number of hydrogen-bond donors (Lipinski definition) is 2. The second kappa shape index (κ2) is 7.82. The van der Waals surface area contributed by atoms with Crippen molar-refractivity contribution in [1.82, 2.24) is 10.0 Å². The maximum atomic E-state index is 13.8. The summed E-state index contributed by atoms with van der Waals surface area (Å²) in [6.07, 6.45) is 0. The minimum Gasteiger partial charge on any atom is -0.316 e. The third-order valence-electron chi connectivity index (χ3n) is 3.05. The van der Waals surface area contributed by atoms with Crippen LogP contribution in [0.2, 0.25) is 0 Å². The third kappa shape index (κ3) is 4.85. The first-order valence-corrected chi connectivity index (χ1v) is 10.3. The first-order valence-electron chi connectivity index (χ1n) is 6.65. The van der Waals surface area contributed by atoms with Gasteiger partial charge in [-0.05, 0) is 24.7 Å². The van der Waals surface area contributed by atoms with Crippen molar-refractivity contribution in [3.63, 3.8) is 0 Å². The van der Waals surface area contributed by atoms with Crippen LogP contribution in [0.15, 0.2) is 23.1 Å². The number of thioether (sulfide) groups is 2. The van der Waals surface area contributed by atoms with Gasteiger partial charge in [0.05, 0.1) is 0 Å². The van der Waals surface area contributed by atoms with Crippen molar-refractivity contribution in [2.75, 3.05) is 30.9 Å². The Morgan fingerprint density at radius 3 is 2.86 bits per heavy atom. The van der Waals surface area contributed by atoms with Crippen LogP contribution >= 0.6 is 23.5 Å². The Balaban J connectivity index is 2.08. The lowest BCUT2D eigenvalue weighted by atomic mass is 10.2. The Kier molecular flexibility index (Phi) is 6.36. The van der Waals surface area contributed by atoms with E-state index in [1.54, 1.807) is 24.9 Å². The Bertz CT molecular complexity index is 575. The van der Waals surface area contributed by atoms with Gasteiger partial charge in [-0.3, -0.25) is 0 Å². The first-order chi connectivity index (χ1) is 10.0. The van der Waals surface area contributed by atoms with Crippen LogP contribution in [-0.4, -0.2) is 44.5 Å². The molecule has 0 bridgehead atoms. The van der Waals surface area contributed by atoms with Crippen molar-refractivity contribution in [3.8, 4) is 0 Å². The lowest BCUT2D eigenvalue weighted by Gasteiger charge is -2.21. The van der Waals surface area contributed by atoms with Crippen LogP contribution < -0.4 is 10.0 Å². The van der Waals surface area contributed by atoms with E-state index in [9.17, 15) is 12.8 Å². The molecule has 1 heterocycles. The molecule has 0 amide bonds. The molecule has 4 nitrogen and oxygen atoms in total. The third-order valence-corrected chi connectivity index (χ3v) is 7.34. The topological polar surface area (TPSA) is 58.2 Å². The molecule has 1 aliphatic rings. The van der Waals surface area contributed by atoms with Gasteiger partial charge in [0, 0.05) is 35.6 Å². The monoisotopic (exact) mass is 350 g/mol. The van der Waals surface area contributed by atoms with Gasteiger partial charge >= 0.3 is 0 Å². The Morgan fingerprint density at radius 2 is 2.19 bits per heavy atom. The molecule has 2 rings (SSSR count). The van der Waals surface area contributed by atoms with Crippen molar-refractivity contribution >= 4 is 33.5 Å². The molecule has 1 atom stereocenters. The van der Waals surface area contributed by atoms with Gasteiger partial charge in [0.2, 0.25) is 10.0 Å². The predicted molar refractivity (Wildman–Crippen MR) is 87.9 cm³/mol. The fourth-order valence-corrected chi connectivity index (χ4v) is 5.93. The summed E-state index contributed by atoms with van der Waals surface area (Å²) < 4.78 is 40.9. The summed E-state index contributed by atoms with van der Waals surface area (Å²) in [4.78, 5) is -0.274. The molecule has 0 aromatic heterocycles. The Morgan fingerprint density at radius 1 is 1.38 bits per heavy atom. The lowest BCUT2D eigenvalue weighted by Crippen LogP contribution is -2.34. The molecule has 0 spiro atoms.